The van der Waals surface area contributed by atoms with Crippen LogP contribution >= 0.6 is 0 Å². The molecule has 0 saturated carbocycles. The van der Waals surface area contributed by atoms with Crippen molar-refractivity contribution < 1.29 is 57.9 Å². The fourth-order valence-electron chi connectivity index (χ4n) is 3.39. The third-order valence-electron chi connectivity index (χ3n) is 5.04. The molecular weight excluding hydrogens is 415 g/mol. The van der Waals surface area contributed by atoms with Crippen molar-refractivity contribution in [1.29, 1.82) is 0 Å². The molecule has 0 spiro atoms. The molecule has 1 nitrogen and oxygen atoms in total. The summed E-state index contributed by atoms with van der Waals surface area (Å²) in [6.07, 6.45) is 12.4. The Morgan fingerprint density at radius 2 is 0.844 bits per heavy atom. The molecule has 0 saturated heterocycles. The predicted molar refractivity (Wildman–Crippen MR) is 135 cm³/mol. The van der Waals surface area contributed by atoms with Gasteiger partial charge in [0.2, 0.25) is 0 Å². The molecule has 4 aromatic rings. The van der Waals surface area contributed by atoms with Crippen LogP contribution in [0.5, 0.6) is 5.75 Å². The summed E-state index contributed by atoms with van der Waals surface area (Å²) >= 11 is 0. The van der Waals surface area contributed by atoms with E-state index in [0.29, 0.717) is 0 Å². The number of phenolic OH excluding ortho intramolecular Hbond substituents is 1. The van der Waals surface area contributed by atoms with Gasteiger partial charge in [0.25, 0.3) is 0 Å². The van der Waals surface area contributed by atoms with Crippen LogP contribution in [0.25, 0.3) is 36.5 Å². The Kier molecular flexibility index (Phi) is 9.48. The van der Waals surface area contributed by atoms with Gasteiger partial charge in [-0.25, -0.2) is 0 Å². The van der Waals surface area contributed by atoms with E-state index in [2.05, 4.69) is 48.6 Å². The molecule has 0 unspecified atom stereocenters. The summed E-state index contributed by atoms with van der Waals surface area (Å²) in [6, 6.07) is 34.2. The SMILES string of the molecule is Oc1ccc(C=Cc2ccccc2)c(C=Cc2ccccc2)c1C=Cc1ccccc1.[H-].[K+]. The molecule has 4 aromatic carbocycles. The third-order valence-corrected chi connectivity index (χ3v) is 5.04. The summed E-state index contributed by atoms with van der Waals surface area (Å²) in [4.78, 5) is 0. The fraction of sp³-hybridized carbons (Fsp3) is 0. The molecule has 2 heteroatoms. The Labute approximate surface area is 234 Å². The van der Waals surface area contributed by atoms with Gasteiger partial charge in [-0.3, -0.25) is 0 Å². The van der Waals surface area contributed by atoms with Crippen molar-refractivity contribution in [2.24, 2.45) is 0 Å². The molecule has 0 bridgehead atoms. The van der Waals surface area contributed by atoms with Crippen LogP contribution in [0.3, 0.4) is 0 Å². The summed E-state index contributed by atoms with van der Waals surface area (Å²) in [5.74, 6) is 0.261. The summed E-state index contributed by atoms with van der Waals surface area (Å²) < 4.78 is 0. The molecule has 32 heavy (non-hydrogen) atoms. The van der Waals surface area contributed by atoms with Crippen molar-refractivity contribution >= 4 is 36.5 Å². The zero-order chi connectivity index (χ0) is 21.3. The molecule has 1 N–H and O–H groups in total. The number of rotatable bonds is 6. The van der Waals surface area contributed by atoms with Gasteiger partial charge in [0.15, 0.2) is 0 Å². The maximum atomic E-state index is 10.7. The second-order valence-electron chi connectivity index (χ2n) is 7.23. The molecule has 0 atom stereocenters. The Morgan fingerprint density at radius 3 is 1.31 bits per heavy atom. The first-order valence-corrected chi connectivity index (χ1v) is 10.3. The topological polar surface area (TPSA) is 20.2 Å². The van der Waals surface area contributed by atoms with Crippen molar-refractivity contribution in [3.63, 3.8) is 0 Å². The summed E-state index contributed by atoms with van der Waals surface area (Å²) in [5.41, 5.74) is 6.15. The van der Waals surface area contributed by atoms with Gasteiger partial charge >= 0.3 is 51.4 Å². The molecule has 0 amide bonds. The maximum absolute atomic E-state index is 10.7. The van der Waals surface area contributed by atoms with Crippen LogP contribution in [0.15, 0.2) is 103 Å². The maximum Gasteiger partial charge on any atom is 1.00 e. The van der Waals surface area contributed by atoms with Crippen LogP contribution < -0.4 is 51.4 Å². The minimum atomic E-state index is 0. The number of benzene rings is 4. The predicted octanol–water partition coefficient (Wildman–Crippen LogP) is 5.02. The van der Waals surface area contributed by atoms with Gasteiger partial charge in [0.1, 0.15) is 5.75 Å². The van der Waals surface area contributed by atoms with Crippen LogP contribution in [0.1, 0.15) is 34.8 Å². The van der Waals surface area contributed by atoms with Crippen molar-refractivity contribution in [3.05, 3.63) is 137 Å². The van der Waals surface area contributed by atoms with E-state index >= 15 is 0 Å². The minimum absolute atomic E-state index is 0. The van der Waals surface area contributed by atoms with E-state index in [0.717, 1.165) is 33.4 Å². The summed E-state index contributed by atoms with van der Waals surface area (Å²) in [6.45, 7) is 0. The molecule has 0 heterocycles. The number of hydrogen-bond donors (Lipinski definition) is 1. The average molecular weight is 441 g/mol. The first-order valence-electron chi connectivity index (χ1n) is 10.3. The van der Waals surface area contributed by atoms with Crippen molar-refractivity contribution in [2.45, 2.75) is 0 Å². The van der Waals surface area contributed by atoms with Crippen LogP contribution in [0.2, 0.25) is 0 Å². The normalized spacial score (nSPS) is 11.2. The van der Waals surface area contributed by atoms with E-state index in [1.807, 2.05) is 84.9 Å². The van der Waals surface area contributed by atoms with E-state index in [9.17, 15) is 5.11 Å². The van der Waals surface area contributed by atoms with Gasteiger partial charge in [0.05, 0.1) is 0 Å². The second kappa shape index (κ2) is 12.5. The van der Waals surface area contributed by atoms with Crippen molar-refractivity contribution in [3.8, 4) is 5.75 Å². The number of hydrogen-bond acceptors (Lipinski definition) is 1. The molecule has 152 valence electrons. The Hall–Kier alpha value is -2.46. The zero-order valence-corrected chi connectivity index (χ0v) is 21.3. The molecule has 4 rings (SSSR count). The van der Waals surface area contributed by atoms with Crippen LogP contribution in [0, 0.1) is 0 Å². The Balaban J connectivity index is 0.00000193. The monoisotopic (exact) mass is 440 g/mol. The van der Waals surface area contributed by atoms with Gasteiger partial charge in [-0.05, 0) is 33.9 Å². The van der Waals surface area contributed by atoms with E-state index in [1.165, 1.54) is 0 Å². The second-order valence-corrected chi connectivity index (χ2v) is 7.23. The summed E-state index contributed by atoms with van der Waals surface area (Å²) in [7, 11) is 0. The first-order chi connectivity index (χ1) is 15.3. The molecule has 0 radical (unpaired) electrons. The molecule has 0 fully saturated rings. The van der Waals surface area contributed by atoms with E-state index in [1.54, 1.807) is 6.07 Å². The van der Waals surface area contributed by atoms with E-state index in [4.69, 9.17) is 0 Å². The summed E-state index contributed by atoms with van der Waals surface area (Å²) in [5, 5.41) is 10.7. The molecule has 0 aromatic heterocycles. The smallest absolute Gasteiger partial charge is 1.00 e. The fourth-order valence-corrected chi connectivity index (χ4v) is 3.39. The molecular formula is C30H25KO. The largest absolute Gasteiger partial charge is 1.00 e. The Bertz CT molecular complexity index is 1210. The quantitative estimate of drug-likeness (QED) is 0.330. The van der Waals surface area contributed by atoms with Crippen LogP contribution in [0.4, 0.5) is 0 Å². The first kappa shape index (κ1) is 24.2. The van der Waals surface area contributed by atoms with Gasteiger partial charge in [0, 0.05) is 5.56 Å². The molecule has 0 aliphatic heterocycles. The van der Waals surface area contributed by atoms with Gasteiger partial charge < -0.3 is 6.53 Å². The van der Waals surface area contributed by atoms with Crippen LogP contribution in [-0.2, 0) is 0 Å². The van der Waals surface area contributed by atoms with Gasteiger partial charge in [-0.1, -0.05) is 134 Å². The van der Waals surface area contributed by atoms with Gasteiger partial charge in [-0.2, -0.15) is 0 Å². The van der Waals surface area contributed by atoms with E-state index < -0.39 is 0 Å². The zero-order valence-electron chi connectivity index (χ0n) is 19.2. The Morgan fingerprint density at radius 1 is 0.438 bits per heavy atom. The molecule has 0 aliphatic carbocycles. The van der Waals surface area contributed by atoms with Gasteiger partial charge in [-0.15, -0.1) is 0 Å². The third kappa shape index (κ3) is 6.77. The van der Waals surface area contributed by atoms with Crippen LogP contribution in [-0.4, -0.2) is 5.11 Å². The number of phenols is 1. The van der Waals surface area contributed by atoms with Crippen molar-refractivity contribution in [2.75, 3.05) is 0 Å². The standard InChI is InChI=1S/C30H24O.K.H/c31-30-23-20-27(19-16-24-10-4-1-5-11-24)28(21-17-25-12-6-2-7-13-25)29(30)22-18-26-14-8-3-9-15-26;;/h1-23,31H;;/q;+1;-1. The van der Waals surface area contributed by atoms with E-state index in [-0.39, 0.29) is 58.6 Å². The average Bonchev–Trinajstić information content (AvgIpc) is 2.83. The minimum Gasteiger partial charge on any atom is -1.00 e. The van der Waals surface area contributed by atoms with Crippen molar-refractivity contribution in [1.82, 2.24) is 0 Å². The number of aromatic hydroxyl groups is 1. The molecule has 0 aliphatic rings.